The van der Waals surface area contributed by atoms with Gasteiger partial charge >= 0.3 is 11.9 Å². The van der Waals surface area contributed by atoms with Crippen molar-refractivity contribution in [2.75, 3.05) is 12.9 Å². The fourth-order valence-electron chi connectivity index (χ4n) is 1.41. The molecule has 24 heavy (non-hydrogen) atoms. The maximum atomic E-state index is 11.6. The lowest BCUT2D eigenvalue weighted by molar-refractivity contribution is -0.147. The van der Waals surface area contributed by atoms with Crippen LogP contribution < -0.4 is 0 Å². The number of sulfone groups is 1. The summed E-state index contributed by atoms with van der Waals surface area (Å²) in [6.45, 7) is 4.96. The molecule has 0 fully saturated rings. The number of hydrogen-bond donors (Lipinski definition) is 0. The maximum absolute atomic E-state index is 11.6. The molecule has 0 radical (unpaired) electrons. The van der Waals surface area contributed by atoms with Gasteiger partial charge < -0.3 is 9.47 Å². The number of hydrogen-bond acceptors (Lipinski definition) is 8. The van der Waals surface area contributed by atoms with Crippen LogP contribution >= 0.6 is 0 Å². The monoisotopic (exact) mass is 386 g/mol. The molecule has 0 saturated heterocycles. The average Bonchev–Trinajstić information content (AvgIpc) is 2.48. The van der Waals surface area contributed by atoms with E-state index in [1.165, 1.54) is 13.8 Å². The van der Waals surface area contributed by atoms with Crippen LogP contribution in [-0.4, -0.2) is 48.3 Å². The molecule has 0 aromatic rings. The second-order valence-corrected chi connectivity index (χ2v) is 8.98. The van der Waals surface area contributed by atoms with Crippen LogP contribution in [0, 0.1) is 0 Å². The third kappa shape index (κ3) is 10.7. The van der Waals surface area contributed by atoms with Crippen molar-refractivity contribution in [3.05, 3.63) is 0 Å². The van der Waals surface area contributed by atoms with Crippen molar-refractivity contribution >= 4 is 32.9 Å². The Bertz CT molecular complexity index is 529. The van der Waals surface area contributed by atoms with Gasteiger partial charge in [-0.3, -0.25) is 13.8 Å². The highest BCUT2D eigenvalue weighted by Crippen LogP contribution is 2.09. The predicted octanol–water partition coefficient (Wildman–Crippen LogP) is 1.46. The molecular weight excluding hydrogens is 360 g/mol. The summed E-state index contributed by atoms with van der Waals surface area (Å²) in [6, 6.07) is 0. The predicted molar refractivity (Wildman–Crippen MR) is 88.8 cm³/mol. The van der Waals surface area contributed by atoms with Gasteiger partial charge in [0, 0.05) is 19.1 Å². The summed E-state index contributed by atoms with van der Waals surface area (Å²) in [7, 11) is -3.43. The van der Waals surface area contributed by atoms with Crippen molar-refractivity contribution in [2.24, 2.45) is 0 Å². The zero-order valence-corrected chi connectivity index (χ0v) is 16.1. The maximum Gasteiger partial charge on any atom is 0.307 e. The molecule has 0 N–H and O–H groups in total. The lowest BCUT2D eigenvalue weighted by atomic mass is 10.2. The Morgan fingerprint density at radius 2 is 1.54 bits per heavy atom. The number of unbranched alkanes of at least 4 members (excludes halogenated alkanes) is 1. The Balaban J connectivity index is 3.93. The fourth-order valence-corrected chi connectivity index (χ4v) is 2.41. The van der Waals surface area contributed by atoms with Crippen LogP contribution in [-0.2, 0) is 44.2 Å². The second kappa shape index (κ2) is 11.5. The van der Waals surface area contributed by atoms with Crippen molar-refractivity contribution in [3.63, 3.8) is 0 Å². The molecule has 0 bridgehead atoms. The van der Waals surface area contributed by atoms with Gasteiger partial charge in [0.2, 0.25) is 0 Å². The van der Waals surface area contributed by atoms with E-state index in [1.807, 2.05) is 6.92 Å². The van der Waals surface area contributed by atoms with Crippen LogP contribution in [0.25, 0.3) is 0 Å². The first-order valence-electron chi connectivity index (χ1n) is 7.69. The zero-order valence-electron chi connectivity index (χ0n) is 14.5. The van der Waals surface area contributed by atoms with Gasteiger partial charge in [0.05, 0.1) is 6.61 Å². The van der Waals surface area contributed by atoms with Crippen LogP contribution in [0.4, 0.5) is 0 Å². The minimum Gasteiger partial charge on any atom is -0.446 e. The molecule has 3 unspecified atom stereocenters. The second-order valence-electron chi connectivity index (χ2n) is 5.23. The fraction of sp³-hybridized carbons (Fsp3) is 0.857. The minimum absolute atomic E-state index is 0.00817. The van der Waals surface area contributed by atoms with E-state index in [-0.39, 0.29) is 12.8 Å². The summed E-state index contributed by atoms with van der Waals surface area (Å²) in [6.07, 6.45) is 2.49. The van der Waals surface area contributed by atoms with Gasteiger partial charge in [0.25, 0.3) is 0 Å². The first-order chi connectivity index (χ1) is 11.1. The Kier molecular flexibility index (Phi) is 11.1. The molecular formula is C14H26O8S2. The highest BCUT2D eigenvalue weighted by Gasteiger charge is 2.20. The molecule has 0 rings (SSSR count). The van der Waals surface area contributed by atoms with Crippen molar-refractivity contribution in [3.8, 4) is 0 Å². The Labute approximate surface area is 145 Å². The van der Waals surface area contributed by atoms with E-state index in [1.54, 1.807) is 0 Å². The summed E-state index contributed by atoms with van der Waals surface area (Å²) in [5, 5.41) is 0. The van der Waals surface area contributed by atoms with E-state index in [0.29, 0.717) is 25.9 Å². The topological polar surface area (TPSA) is 113 Å². The van der Waals surface area contributed by atoms with Crippen molar-refractivity contribution in [1.82, 2.24) is 0 Å². The normalized spacial score (nSPS) is 15.3. The summed E-state index contributed by atoms with van der Waals surface area (Å²) in [5.41, 5.74) is -2.04. The first kappa shape index (κ1) is 23.0. The van der Waals surface area contributed by atoms with Gasteiger partial charge in [-0.25, -0.2) is 12.6 Å². The summed E-state index contributed by atoms with van der Waals surface area (Å²) in [5.74, 6) is -1.17. The Morgan fingerprint density at radius 3 is 2.00 bits per heavy atom. The van der Waals surface area contributed by atoms with Gasteiger partial charge in [-0.05, 0) is 33.1 Å². The number of esters is 2. The van der Waals surface area contributed by atoms with Crippen molar-refractivity contribution in [2.45, 2.75) is 63.7 Å². The molecule has 0 aliphatic rings. The molecule has 0 aromatic carbocycles. The third-order valence-electron chi connectivity index (χ3n) is 2.88. The zero-order chi connectivity index (χ0) is 18.8. The quantitative estimate of drug-likeness (QED) is 0.366. The van der Waals surface area contributed by atoms with Gasteiger partial charge in [0.15, 0.2) is 31.8 Å². The van der Waals surface area contributed by atoms with Gasteiger partial charge in [-0.1, -0.05) is 6.92 Å². The molecule has 0 spiro atoms. The molecule has 142 valence electrons. The van der Waals surface area contributed by atoms with Crippen LogP contribution in [0.5, 0.6) is 0 Å². The number of carbonyl (C=O) groups excluding carboxylic acids is 2. The van der Waals surface area contributed by atoms with Crippen LogP contribution in [0.2, 0.25) is 0 Å². The van der Waals surface area contributed by atoms with E-state index >= 15 is 0 Å². The molecule has 0 saturated carbocycles. The highest BCUT2D eigenvalue weighted by atomic mass is 32.2. The van der Waals surface area contributed by atoms with E-state index < -0.39 is 43.7 Å². The molecule has 0 aliphatic heterocycles. The van der Waals surface area contributed by atoms with Crippen LogP contribution in [0.15, 0.2) is 0 Å². The summed E-state index contributed by atoms with van der Waals surface area (Å²) >= 11 is -1.69. The van der Waals surface area contributed by atoms with Crippen molar-refractivity contribution < 1.29 is 35.9 Å². The lowest BCUT2D eigenvalue weighted by Gasteiger charge is -2.12. The number of carbonyl (C=O) groups is 2. The van der Waals surface area contributed by atoms with E-state index in [0.717, 1.165) is 6.26 Å². The Morgan fingerprint density at radius 1 is 1.04 bits per heavy atom. The van der Waals surface area contributed by atoms with Gasteiger partial charge in [-0.15, -0.1) is 0 Å². The molecule has 8 nitrogen and oxygen atoms in total. The molecule has 0 aliphatic carbocycles. The highest BCUT2D eigenvalue weighted by molar-refractivity contribution is 7.91. The number of ether oxygens (including phenoxy) is 2. The van der Waals surface area contributed by atoms with Crippen LogP contribution in [0.3, 0.4) is 0 Å². The number of rotatable bonds is 12. The largest absolute Gasteiger partial charge is 0.446 e. The van der Waals surface area contributed by atoms with E-state index in [4.69, 9.17) is 13.7 Å². The minimum atomic E-state index is -3.43. The van der Waals surface area contributed by atoms with E-state index in [2.05, 4.69) is 0 Å². The van der Waals surface area contributed by atoms with E-state index in [9.17, 15) is 22.2 Å². The first-order valence-corrected chi connectivity index (χ1v) is 10.8. The average molecular weight is 386 g/mol. The Hall–Kier alpha value is -1.00. The molecule has 0 heterocycles. The smallest absolute Gasteiger partial charge is 0.307 e. The SMILES string of the molecule is CCCOS(=O)C(C)OC(=O)CCCCC(=O)OC(C)S(C)(=O)=O. The summed E-state index contributed by atoms with van der Waals surface area (Å²) < 4.78 is 48.5. The van der Waals surface area contributed by atoms with Gasteiger partial charge in [0.1, 0.15) is 0 Å². The molecule has 0 amide bonds. The lowest BCUT2D eigenvalue weighted by Crippen LogP contribution is -2.23. The molecule has 10 heteroatoms. The standard InChI is InChI=1S/C14H26O8S2/c1-5-10-20-23(17)11(2)21-13(15)8-6-7-9-14(16)22-12(3)24(4,18)19/h11-12H,5-10H2,1-4H3. The van der Waals surface area contributed by atoms with Crippen molar-refractivity contribution in [1.29, 1.82) is 0 Å². The van der Waals surface area contributed by atoms with Gasteiger partial charge in [-0.2, -0.15) is 0 Å². The summed E-state index contributed by atoms with van der Waals surface area (Å²) in [4.78, 5) is 23.0. The molecule has 3 atom stereocenters. The third-order valence-corrected chi connectivity index (χ3v) is 5.22. The molecule has 0 aromatic heterocycles. The van der Waals surface area contributed by atoms with Crippen LogP contribution in [0.1, 0.15) is 52.9 Å².